The van der Waals surface area contributed by atoms with Gasteiger partial charge < -0.3 is 10.2 Å². The van der Waals surface area contributed by atoms with Crippen LogP contribution in [-0.4, -0.2) is 27.7 Å². The lowest BCUT2D eigenvalue weighted by atomic mass is 9.46. The standard InChI is InChI=1S/C28H38O3/c1-26-7-6-22-20(21(26)4-5-25(26)30)3-2-19-11-24(29)23(15-28(19,22)31)27-12-16-8-17(13-27)10-18(9-16)14-27/h11,15-18,20-22,25,30-31H,2-10,12-14H2,1H3/t16?,17?,18?,20-,21-,22-,25-,26-,27?,28+/m0/s1. The Labute approximate surface area is 186 Å². The third-order valence-electron chi connectivity index (χ3n) is 11.8. The van der Waals surface area contributed by atoms with Crippen LogP contribution >= 0.6 is 0 Å². The van der Waals surface area contributed by atoms with Crippen LogP contribution in [0.5, 0.6) is 0 Å². The van der Waals surface area contributed by atoms with E-state index in [0.717, 1.165) is 67.4 Å². The van der Waals surface area contributed by atoms with E-state index >= 15 is 0 Å². The van der Waals surface area contributed by atoms with Crippen molar-refractivity contribution in [2.45, 2.75) is 95.7 Å². The first kappa shape index (κ1) is 19.5. The second-order valence-electron chi connectivity index (χ2n) is 13.2. The average molecular weight is 423 g/mol. The first-order valence-electron chi connectivity index (χ1n) is 13.2. The van der Waals surface area contributed by atoms with Gasteiger partial charge in [-0.25, -0.2) is 0 Å². The van der Waals surface area contributed by atoms with E-state index in [1.54, 1.807) is 0 Å². The van der Waals surface area contributed by atoms with Crippen molar-refractivity contribution in [2.75, 3.05) is 0 Å². The Hall–Kier alpha value is -0.930. The topological polar surface area (TPSA) is 57.5 Å². The Morgan fingerprint density at radius 1 is 0.935 bits per heavy atom. The normalized spacial score (nSPS) is 57.1. The lowest BCUT2D eigenvalue weighted by Gasteiger charge is -2.59. The molecule has 31 heavy (non-hydrogen) atoms. The van der Waals surface area contributed by atoms with Crippen LogP contribution in [0.4, 0.5) is 0 Å². The molecule has 8 aliphatic rings. The summed E-state index contributed by atoms with van der Waals surface area (Å²) in [5.41, 5.74) is 1.14. The molecular formula is C28H38O3. The van der Waals surface area contributed by atoms with Gasteiger partial charge in [0.15, 0.2) is 5.78 Å². The summed E-state index contributed by atoms with van der Waals surface area (Å²) >= 11 is 0. The van der Waals surface area contributed by atoms with Gasteiger partial charge in [-0.3, -0.25) is 4.79 Å². The fourth-order valence-corrected chi connectivity index (χ4v) is 10.7. The van der Waals surface area contributed by atoms with E-state index in [-0.39, 0.29) is 28.6 Å². The van der Waals surface area contributed by atoms with Gasteiger partial charge in [0.05, 0.1) is 6.10 Å². The number of carbonyl (C=O) groups excluding carboxylic acids is 1. The predicted molar refractivity (Wildman–Crippen MR) is 119 cm³/mol. The maximum atomic E-state index is 13.5. The summed E-state index contributed by atoms with van der Waals surface area (Å²) < 4.78 is 0. The number of hydrogen-bond acceptors (Lipinski definition) is 3. The molecule has 0 aromatic carbocycles. The molecule has 8 rings (SSSR count). The van der Waals surface area contributed by atoms with Gasteiger partial charge in [-0.1, -0.05) is 6.92 Å². The fraction of sp³-hybridized carbons (Fsp3) is 0.821. The summed E-state index contributed by atoms with van der Waals surface area (Å²) in [5, 5.41) is 23.0. The van der Waals surface area contributed by atoms with E-state index in [2.05, 4.69) is 13.0 Å². The number of aliphatic hydroxyl groups is 2. The van der Waals surface area contributed by atoms with Crippen LogP contribution in [0.15, 0.2) is 23.3 Å². The zero-order valence-corrected chi connectivity index (χ0v) is 19.0. The molecule has 6 atom stereocenters. The summed E-state index contributed by atoms with van der Waals surface area (Å²) in [6.45, 7) is 2.29. The minimum absolute atomic E-state index is 0.0235. The minimum Gasteiger partial charge on any atom is -0.393 e. The van der Waals surface area contributed by atoms with Gasteiger partial charge in [0.2, 0.25) is 0 Å². The van der Waals surface area contributed by atoms with Crippen molar-refractivity contribution in [2.24, 2.45) is 46.3 Å². The molecular weight excluding hydrogens is 384 g/mol. The van der Waals surface area contributed by atoms with Crippen molar-refractivity contribution in [3.8, 4) is 0 Å². The molecule has 7 fully saturated rings. The number of hydrogen-bond donors (Lipinski definition) is 2. The number of aliphatic hydroxyl groups excluding tert-OH is 1. The van der Waals surface area contributed by atoms with Crippen molar-refractivity contribution in [3.05, 3.63) is 23.3 Å². The predicted octanol–water partition coefficient (Wildman–Crippen LogP) is 4.97. The van der Waals surface area contributed by atoms with Crippen molar-refractivity contribution >= 4 is 5.78 Å². The summed E-state index contributed by atoms with van der Waals surface area (Å²) in [5.74, 6) is 3.82. The molecule has 3 heteroatoms. The molecule has 7 saturated carbocycles. The second kappa shape index (κ2) is 6.14. The van der Waals surface area contributed by atoms with Crippen molar-refractivity contribution in [3.63, 3.8) is 0 Å². The molecule has 0 unspecified atom stereocenters. The molecule has 0 aromatic rings. The molecule has 0 saturated heterocycles. The van der Waals surface area contributed by atoms with Crippen LogP contribution in [0.25, 0.3) is 0 Å². The Kier molecular flexibility index (Phi) is 3.87. The van der Waals surface area contributed by atoms with Gasteiger partial charge in [0.1, 0.15) is 5.60 Å². The van der Waals surface area contributed by atoms with E-state index in [0.29, 0.717) is 11.8 Å². The van der Waals surface area contributed by atoms with Gasteiger partial charge in [-0.2, -0.15) is 0 Å². The van der Waals surface area contributed by atoms with Gasteiger partial charge in [0, 0.05) is 5.57 Å². The Bertz CT molecular complexity index is 863. The zero-order valence-electron chi connectivity index (χ0n) is 19.0. The molecule has 168 valence electrons. The lowest BCUT2D eigenvalue weighted by Crippen LogP contribution is -2.56. The van der Waals surface area contributed by atoms with Crippen molar-refractivity contribution < 1.29 is 15.0 Å². The SMILES string of the molecule is C[C@]12CC[C@H]3[C@@H](CCC4=CC(=O)C(C56CC7CC(CC(C7)C5)C6)=C[C@@]43O)[C@@H]1CC[C@@H]2O. The van der Waals surface area contributed by atoms with Crippen molar-refractivity contribution in [1.29, 1.82) is 0 Å². The Balaban J connectivity index is 1.28. The lowest BCUT2D eigenvalue weighted by molar-refractivity contribution is -0.118. The van der Waals surface area contributed by atoms with Crippen LogP contribution in [0.1, 0.15) is 84.0 Å². The summed E-state index contributed by atoms with van der Waals surface area (Å²) in [6.07, 6.45) is 17.4. The molecule has 3 nitrogen and oxygen atoms in total. The van der Waals surface area contributed by atoms with Gasteiger partial charge in [-0.15, -0.1) is 0 Å². The number of ketones is 1. The van der Waals surface area contributed by atoms with Gasteiger partial charge in [0.25, 0.3) is 0 Å². The van der Waals surface area contributed by atoms with Gasteiger partial charge >= 0.3 is 0 Å². The number of fused-ring (bicyclic) bond motifs is 5. The monoisotopic (exact) mass is 422 g/mol. The van der Waals surface area contributed by atoms with E-state index in [9.17, 15) is 15.0 Å². The summed E-state index contributed by atoms with van der Waals surface area (Å²) in [7, 11) is 0. The molecule has 0 spiro atoms. The molecule has 0 radical (unpaired) electrons. The molecule has 4 bridgehead atoms. The van der Waals surface area contributed by atoms with Crippen LogP contribution in [0, 0.1) is 46.3 Å². The van der Waals surface area contributed by atoms with Gasteiger partial charge in [-0.05, 0) is 141 Å². The summed E-state index contributed by atoms with van der Waals surface area (Å²) in [4.78, 5) is 13.5. The maximum absolute atomic E-state index is 13.5. The van der Waals surface area contributed by atoms with E-state index in [1.807, 2.05) is 6.08 Å². The smallest absolute Gasteiger partial charge is 0.182 e. The second-order valence-corrected chi connectivity index (χ2v) is 13.2. The molecule has 0 aliphatic heterocycles. The highest BCUT2D eigenvalue weighted by Gasteiger charge is 2.61. The molecule has 0 heterocycles. The zero-order chi connectivity index (χ0) is 21.2. The molecule has 2 N–H and O–H groups in total. The first-order chi connectivity index (χ1) is 14.8. The number of rotatable bonds is 1. The van der Waals surface area contributed by atoms with Crippen LogP contribution in [0.2, 0.25) is 0 Å². The fourth-order valence-electron chi connectivity index (χ4n) is 10.7. The molecule has 0 aromatic heterocycles. The average Bonchev–Trinajstić information content (AvgIpc) is 3.02. The highest BCUT2D eigenvalue weighted by Crippen LogP contribution is 2.66. The quantitative estimate of drug-likeness (QED) is 0.627. The van der Waals surface area contributed by atoms with E-state index < -0.39 is 5.60 Å². The highest BCUT2D eigenvalue weighted by atomic mass is 16.3. The minimum atomic E-state index is -0.926. The Morgan fingerprint density at radius 3 is 2.29 bits per heavy atom. The molecule has 8 aliphatic carbocycles. The van der Waals surface area contributed by atoms with Crippen LogP contribution in [-0.2, 0) is 4.79 Å². The Morgan fingerprint density at radius 2 is 1.61 bits per heavy atom. The van der Waals surface area contributed by atoms with E-state index in [4.69, 9.17) is 0 Å². The number of allylic oxidation sites excluding steroid dienone is 2. The third kappa shape index (κ3) is 2.46. The van der Waals surface area contributed by atoms with Crippen LogP contribution in [0.3, 0.4) is 0 Å². The van der Waals surface area contributed by atoms with Crippen molar-refractivity contribution in [1.82, 2.24) is 0 Å². The number of carbonyl (C=O) groups is 1. The maximum Gasteiger partial charge on any atom is 0.182 e. The highest BCUT2D eigenvalue weighted by molar-refractivity contribution is 6.07. The third-order valence-corrected chi connectivity index (χ3v) is 11.8. The first-order valence-corrected chi connectivity index (χ1v) is 13.2. The summed E-state index contributed by atoms with van der Waals surface area (Å²) in [6, 6.07) is 0. The van der Waals surface area contributed by atoms with Crippen LogP contribution < -0.4 is 0 Å². The largest absolute Gasteiger partial charge is 0.393 e. The van der Waals surface area contributed by atoms with E-state index in [1.165, 1.54) is 38.5 Å². The molecule has 0 amide bonds.